The van der Waals surface area contributed by atoms with E-state index in [0.717, 1.165) is 11.3 Å². The number of rotatable bonds is 6. The topological polar surface area (TPSA) is 85.4 Å². The predicted molar refractivity (Wildman–Crippen MR) is 134 cm³/mol. The van der Waals surface area contributed by atoms with Crippen molar-refractivity contribution in [3.63, 3.8) is 0 Å². The van der Waals surface area contributed by atoms with Gasteiger partial charge in [0.05, 0.1) is 25.6 Å². The number of hydrogen-bond acceptors (Lipinski definition) is 5. The first-order chi connectivity index (χ1) is 16.6. The Morgan fingerprint density at radius 2 is 1.91 bits per heavy atom. The molecule has 8 nitrogen and oxygen atoms in total. The third kappa shape index (κ3) is 6.63. The minimum absolute atomic E-state index is 0.0813. The van der Waals surface area contributed by atoms with Crippen molar-refractivity contribution < 1.29 is 23.8 Å². The second-order valence-corrected chi connectivity index (χ2v) is 9.39. The van der Waals surface area contributed by atoms with E-state index >= 15 is 0 Å². The fraction of sp³-hybridized carbons (Fsp3) is 0.462. The molecule has 2 N–H and O–H groups in total. The van der Waals surface area contributed by atoms with Crippen LogP contribution in [0.1, 0.15) is 19.4 Å². The number of carbonyl (C=O) groups excluding carboxylic acids is 2. The van der Waals surface area contributed by atoms with E-state index in [4.69, 9.17) is 4.74 Å². The van der Waals surface area contributed by atoms with Crippen LogP contribution in [0.5, 0.6) is 5.75 Å². The quantitative estimate of drug-likeness (QED) is 0.655. The molecule has 3 atom stereocenters. The summed E-state index contributed by atoms with van der Waals surface area (Å²) in [5, 5.41) is 12.5. The maximum Gasteiger partial charge on any atom is 0.321 e. The van der Waals surface area contributed by atoms with Gasteiger partial charge >= 0.3 is 6.03 Å². The van der Waals surface area contributed by atoms with Crippen LogP contribution in [0.15, 0.2) is 42.5 Å². The van der Waals surface area contributed by atoms with E-state index in [9.17, 15) is 19.1 Å². The SMILES string of the molecule is C[C@@H]1CN([C@H](C)CO)C(=O)Cc2cc(N(C)C)ccc2O[C@H]1CN(C)C(=O)Nc1ccc(F)cc1. The van der Waals surface area contributed by atoms with Gasteiger partial charge in [-0.1, -0.05) is 6.92 Å². The molecule has 0 radical (unpaired) electrons. The Morgan fingerprint density at radius 1 is 1.23 bits per heavy atom. The molecule has 190 valence electrons. The molecule has 2 aromatic carbocycles. The first-order valence-corrected chi connectivity index (χ1v) is 11.7. The number of halogens is 1. The highest BCUT2D eigenvalue weighted by Crippen LogP contribution is 2.30. The summed E-state index contributed by atoms with van der Waals surface area (Å²) in [6.45, 7) is 4.29. The molecule has 0 bridgehead atoms. The van der Waals surface area contributed by atoms with Gasteiger partial charge in [-0.2, -0.15) is 0 Å². The molecule has 0 saturated carbocycles. The lowest BCUT2D eigenvalue weighted by molar-refractivity contribution is -0.134. The number of benzene rings is 2. The summed E-state index contributed by atoms with van der Waals surface area (Å²) in [5.74, 6) is 0.0128. The van der Waals surface area contributed by atoms with Crippen LogP contribution >= 0.6 is 0 Å². The van der Waals surface area contributed by atoms with Crippen LogP contribution in [0.25, 0.3) is 0 Å². The van der Waals surface area contributed by atoms with Crippen LogP contribution in [-0.2, 0) is 11.2 Å². The van der Waals surface area contributed by atoms with Gasteiger partial charge in [-0.15, -0.1) is 0 Å². The molecule has 0 aliphatic carbocycles. The van der Waals surface area contributed by atoms with Crippen LogP contribution < -0.4 is 15.0 Å². The lowest BCUT2D eigenvalue weighted by atomic mass is 10.0. The fourth-order valence-corrected chi connectivity index (χ4v) is 4.02. The van der Waals surface area contributed by atoms with Gasteiger partial charge in [-0.3, -0.25) is 4.79 Å². The van der Waals surface area contributed by atoms with Gasteiger partial charge in [-0.25, -0.2) is 9.18 Å². The number of anilines is 2. The maximum atomic E-state index is 13.2. The molecule has 0 unspecified atom stereocenters. The van der Waals surface area contributed by atoms with E-state index in [1.165, 1.54) is 29.2 Å². The summed E-state index contributed by atoms with van der Waals surface area (Å²) >= 11 is 0. The van der Waals surface area contributed by atoms with Crippen molar-refractivity contribution in [2.24, 2.45) is 5.92 Å². The molecule has 0 saturated heterocycles. The number of hydrogen-bond donors (Lipinski definition) is 2. The predicted octanol–water partition coefficient (Wildman–Crippen LogP) is 3.20. The lowest BCUT2D eigenvalue weighted by Crippen LogP contribution is -2.48. The molecule has 0 fully saturated rings. The second kappa shape index (κ2) is 11.4. The largest absolute Gasteiger partial charge is 0.488 e. The zero-order valence-electron chi connectivity index (χ0n) is 21.0. The van der Waals surface area contributed by atoms with E-state index in [0.29, 0.717) is 18.0 Å². The van der Waals surface area contributed by atoms with Crippen molar-refractivity contribution in [3.8, 4) is 5.75 Å². The highest BCUT2D eigenvalue weighted by Gasteiger charge is 2.32. The molecule has 9 heteroatoms. The standard InChI is InChI=1S/C26H35FN4O4/c1-17-14-31(18(2)16-32)25(33)13-19-12-22(29(3)4)10-11-23(19)35-24(17)15-30(5)26(34)28-21-8-6-20(27)7-9-21/h6-12,17-18,24,32H,13-16H2,1-5H3,(H,28,34)/t17-,18-,24+/m1/s1. The van der Waals surface area contributed by atoms with Crippen LogP contribution in [0, 0.1) is 11.7 Å². The summed E-state index contributed by atoms with van der Waals surface area (Å²) in [6.07, 6.45) is -0.260. The Bertz CT molecular complexity index is 1030. The Labute approximate surface area is 206 Å². The number of likely N-dealkylation sites (N-methyl/N-ethyl adjacent to an activating group) is 1. The molecule has 3 rings (SSSR count). The van der Waals surface area contributed by atoms with Crippen molar-refractivity contribution >= 4 is 23.3 Å². The van der Waals surface area contributed by atoms with Crippen molar-refractivity contribution in [3.05, 3.63) is 53.8 Å². The van der Waals surface area contributed by atoms with Gasteiger partial charge in [0.1, 0.15) is 17.7 Å². The number of aliphatic hydroxyl groups excluding tert-OH is 1. The maximum absolute atomic E-state index is 13.2. The average Bonchev–Trinajstić information content (AvgIpc) is 2.87. The number of amides is 3. The summed E-state index contributed by atoms with van der Waals surface area (Å²) in [7, 11) is 5.52. The Balaban J connectivity index is 1.86. The normalized spacial score (nSPS) is 18.9. The molecule has 0 aromatic heterocycles. The molecule has 2 aromatic rings. The highest BCUT2D eigenvalue weighted by atomic mass is 19.1. The Hall–Kier alpha value is -3.33. The highest BCUT2D eigenvalue weighted by molar-refractivity contribution is 5.89. The van der Waals surface area contributed by atoms with E-state index in [1.54, 1.807) is 11.9 Å². The van der Waals surface area contributed by atoms with Gasteiger partial charge in [0, 0.05) is 50.5 Å². The number of fused-ring (bicyclic) bond motifs is 1. The molecule has 1 heterocycles. The van der Waals surface area contributed by atoms with Crippen molar-refractivity contribution in [2.45, 2.75) is 32.4 Å². The average molecular weight is 487 g/mol. The van der Waals surface area contributed by atoms with E-state index in [-0.39, 0.29) is 49.3 Å². The van der Waals surface area contributed by atoms with E-state index in [1.807, 2.05) is 51.0 Å². The summed E-state index contributed by atoms with van der Waals surface area (Å²) < 4.78 is 19.6. The van der Waals surface area contributed by atoms with Crippen LogP contribution in [0.3, 0.4) is 0 Å². The third-order valence-electron chi connectivity index (χ3n) is 6.31. The molecule has 3 amide bonds. The van der Waals surface area contributed by atoms with Gasteiger partial charge in [0.25, 0.3) is 0 Å². The second-order valence-electron chi connectivity index (χ2n) is 9.39. The monoisotopic (exact) mass is 486 g/mol. The summed E-state index contributed by atoms with van der Waals surface area (Å²) in [6, 6.07) is 10.6. The van der Waals surface area contributed by atoms with E-state index in [2.05, 4.69) is 5.32 Å². The van der Waals surface area contributed by atoms with Gasteiger partial charge in [0.2, 0.25) is 5.91 Å². The number of carbonyl (C=O) groups is 2. The number of ether oxygens (including phenoxy) is 1. The number of nitrogens with zero attached hydrogens (tertiary/aromatic N) is 3. The first kappa shape index (κ1) is 26.3. The van der Waals surface area contributed by atoms with Crippen LogP contribution in [-0.4, -0.2) is 79.8 Å². The van der Waals surface area contributed by atoms with Crippen molar-refractivity contribution in [1.29, 1.82) is 0 Å². The van der Waals surface area contributed by atoms with Crippen LogP contribution in [0.2, 0.25) is 0 Å². The first-order valence-electron chi connectivity index (χ1n) is 11.7. The molecule has 1 aliphatic heterocycles. The summed E-state index contributed by atoms with van der Waals surface area (Å²) in [5.41, 5.74) is 2.19. The number of urea groups is 1. The van der Waals surface area contributed by atoms with Crippen LogP contribution in [0.4, 0.5) is 20.6 Å². The minimum Gasteiger partial charge on any atom is -0.488 e. The zero-order valence-corrected chi connectivity index (χ0v) is 21.0. The fourth-order valence-electron chi connectivity index (χ4n) is 4.02. The minimum atomic E-state index is -0.415. The molecule has 0 spiro atoms. The van der Waals surface area contributed by atoms with Gasteiger partial charge in [-0.05, 0) is 49.4 Å². The van der Waals surface area contributed by atoms with Gasteiger partial charge in [0.15, 0.2) is 0 Å². The van der Waals surface area contributed by atoms with Crippen molar-refractivity contribution in [1.82, 2.24) is 9.80 Å². The Morgan fingerprint density at radius 3 is 2.54 bits per heavy atom. The zero-order chi connectivity index (χ0) is 25.7. The molecular formula is C26H35FN4O4. The third-order valence-corrected chi connectivity index (χ3v) is 6.31. The molecule has 1 aliphatic rings. The number of nitrogens with one attached hydrogen (secondary N) is 1. The summed E-state index contributed by atoms with van der Waals surface area (Å²) in [4.78, 5) is 31.2. The smallest absolute Gasteiger partial charge is 0.321 e. The molecule has 35 heavy (non-hydrogen) atoms. The Kier molecular flexibility index (Phi) is 8.56. The lowest BCUT2D eigenvalue weighted by Gasteiger charge is -2.34. The number of aliphatic hydroxyl groups is 1. The molecular weight excluding hydrogens is 451 g/mol. The van der Waals surface area contributed by atoms with Crippen molar-refractivity contribution in [2.75, 3.05) is 51.1 Å². The van der Waals surface area contributed by atoms with Gasteiger partial charge < -0.3 is 29.9 Å². The van der Waals surface area contributed by atoms with E-state index < -0.39 is 6.10 Å².